The number of esters is 2. The van der Waals surface area contributed by atoms with E-state index in [0.717, 1.165) is 19.2 Å². The molecule has 1 aliphatic heterocycles. The third kappa shape index (κ3) is 5.09. The number of methoxy groups -OCH3 is 1. The summed E-state index contributed by atoms with van der Waals surface area (Å²) in [5.74, 6) is -2.04. The minimum atomic E-state index is -5.06. The summed E-state index contributed by atoms with van der Waals surface area (Å²) in [7, 11) is 0.804. The number of hydrogen-bond donors (Lipinski definition) is 0. The lowest BCUT2D eigenvalue weighted by atomic mass is 9.92. The highest BCUT2D eigenvalue weighted by atomic mass is 19.4. The second kappa shape index (κ2) is 9.90. The molecule has 6 nitrogen and oxygen atoms in total. The Morgan fingerprint density at radius 2 is 1.93 bits per heavy atom. The van der Waals surface area contributed by atoms with Crippen LogP contribution in [-0.4, -0.2) is 50.1 Å². The largest absolute Gasteiger partial charge is 0.462 e. The fourth-order valence-corrected chi connectivity index (χ4v) is 3.13. The summed E-state index contributed by atoms with van der Waals surface area (Å²) >= 11 is 0. The molecule has 0 spiro atoms. The quantitative estimate of drug-likeness (QED) is 0.467. The fraction of sp³-hybridized carbons (Fsp3) is 0.429. The highest BCUT2D eigenvalue weighted by molar-refractivity contribution is 5.83. The average Bonchev–Trinajstić information content (AvgIpc) is 3.07. The Labute approximate surface area is 172 Å². The minimum Gasteiger partial charge on any atom is -0.462 e. The van der Waals surface area contributed by atoms with E-state index >= 15 is 0 Å². The Morgan fingerprint density at radius 3 is 2.47 bits per heavy atom. The van der Waals surface area contributed by atoms with Crippen molar-refractivity contribution in [3.8, 4) is 0 Å². The summed E-state index contributed by atoms with van der Waals surface area (Å²) in [6.45, 7) is 4.86. The van der Waals surface area contributed by atoms with Crippen LogP contribution in [0, 0.1) is 0 Å². The molecule has 0 unspecified atom stereocenters. The van der Waals surface area contributed by atoms with Gasteiger partial charge in [-0.15, -0.1) is 6.58 Å². The summed E-state index contributed by atoms with van der Waals surface area (Å²) in [4.78, 5) is 23.5. The van der Waals surface area contributed by atoms with Crippen LogP contribution in [0.4, 0.5) is 13.2 Å². The zero-order valence-corrected chi connectivity index (χ0v) is 16.6. The van der Waals surface area contributed by atoms with Gasteiger partial charge in [0.2, 0.25) is 0 Å². The van der Waals surface area contributed by atoms with E-state index in [1.54, 1.807) is 6.08 Å². The van der Waals surface area contributed by atoms with Crippen LogP contribution in [0.1, 0.15) is 18.9 Å². The monoisotopic (exact) mass is 428 g/mol. The molecular formula is C21H23F3O6. The molecule has 164 valence electrons. The maximum Gasteiger partial charge on any atom is 0.432 e. The lowest BCUT2D eigenvalue weighted by molar-refractivity contribution is -0.278. The molecule has 1 aromatic rings. The molecule has 1 aromatic carbocycles. The number of alkyl halides is 3. The van der Waals surface area contributed by atoms with Crippen LogP contribution >= 0.6 is 0 Å². The summed E-state index contributed by atoms with van der Waals surface area (Å²) in [6, 6.07) is 6.56. The van der Waals surface area contributed by atoms with Crippen LogP contribution < -0.4 is 0 Å². The predicted octanol–water partition coefficient (Wildman–Crippen LogP) is 3.47. The molecule has 9 heteroatoms. The number of halogens is 3. The van der Waals surface area contributed by atoms with Gasteiger partial charge in [-0.2, -0.15) is 13.2 Å². The van der Waals surface area contributed by atoms with Crippen molar-refractivity contribution >= 4 is 11.9 Å². The average molecular weight is 428 g/mol. The topological polar surface area (TPSA) is 71.1 Å². The number of ether oxygens (including phenoxy) is 4. The first-order valence-electron chi connectivity index (χ1n) is 9.12. The predicted molar refractivity (Wildman–Crippen MR) is 100 cm³/mol. The highest BCUT2D eigenvalue weighted by Crippen LogP contribution is 2.43. The maximum absolute atomic E-state index is 14.0. The Hall–Kier alpha value is -2.65. The van der Waals surface area contributed by atoms with E-state index < -0.39 is 47.6 Å². The Kier molecular flexibility index (Phi) is 7.80. The van der Waals surface area contributed by atoms with Crippen molar-refractivity contribution in [2.45, 2.75) is 43.4 Å². The molecular weight excluding hydrogens is 405 g/mol. The number of rotatable bonds is 8. The van der Waals surface area contributed by atoms with Gasteiger partial charge in [0.1, 0.15) is 18.8 Å². The Balaban J connectivity index is 2.20. The molecule has 1 fully saturated rings. The molecule has 1 aliphatic rings. The Bertz CT molecular complexity index is 777. The lowest BCUT2D eigenvalue weighted by Gasteiger charge is -2.33. The third-order valence-corrected chi connectivity index (χ3v) is 4.56. The van der Waals surface area contributed by atoms with Crippen molar-refractivity contribution in [2.24, 2.45) is 0 Å². The molecule has 4 atom stereocenters. The van der Waals surface area contributed by atoms with Gasteiger partial charge < -0.3 is 18.9 Å². The van der Waals surface area contributed by atoms with Gasteiger partial charge in [0.15, 0.2) is 0 Å². The van der Waals surface area contributed by atoms with Crippen LogP contribution in [0.25, 0.3) is 0 Å². The van der Waals surface area contributed by atoms with Crippen LogP contribution in [0.3, 0.4) is 0 Å². The van der Waals surface area contributed by atoms with Gasteiger partial charge in [-0.25, -0.2) is 4.79 Å². The second-order valence-corrected chi connectivity index (χ2v) is 6.53. The number of carbonyl (C=O) groups is 2. The molecule has 0 amide bonds. The van der Waals surface area contributed by atoms with Gasteiger partial charge in [-0.1, -0.05) is 42.5 Å². The minimum absolute atomic E-state index is 0.0211. The molecule has 1 saturated heterocycles. The van der Waals surface area contributed by atoms with Crippen LogP contribution in [0.5, 0.6) is 0 Å². The van der Waals surface area contributed by atoms with E-state index in [9.17, 15) is 22.8 Å². The van der Waals surface area contributed by atoms with Crippen molar-refractivity contribution < 1.29 is 41.7 Å². The smallest absolute Gasteiger partial charge is 0.432 e. The van der Waals surface area contributed by atoms with E-state index in [2.05, 4.69) is 6.58 Å². The summed E-state index contributed by atoms with van der Waals surface area (Å²) in [6.07, 6.45) is -2.86. The molecule has 30 heavy (non-hydrogen) atoms. The highest BCUT2D eigenvalue weighted by Gasteiger charge is 2.64. The molecule has 1 heterocycles. The van der Waals surface area contributed by atoms with E-state index in [1.807, 2.05) is 0 Å². The molecule has 0 radical (unpaired) electrons. The molecule has 0 aromatic heterocycles. The van der Waals surface area contributed by atoms with Crippen molar-refractivity contribution in [3.63, 3.8) is 0 Å². The van der Waals surface area contributed by atoms with Crippen LogP contribution in [0.15, 0.2) is 55.1 Å². The van der Waals surface area contributed by atoms with Gasteiger partial charge >= 0.3 is 18.1 Å². The fourth-order valence-electron chi connectivity index (χ4n) is 3.13. The lowest BCUT2D eigenvalue weighted by Crippen LogP contribution is -2.53. The van der Waals surface area contributed by atoms with Crippen LogP contribution in [0.2, 0.25) is 0 Å². The summed E-state index contributed by atoms with van der Waals surface area (Å²) in [5.41, 5.74) is -3.67. The number of benzene rings is 1. The second-order valence-electron chi connectivity index (χ2n) is 6.53. The first-order chi connectivity index (χ1) is 14.2. The van der Waals surface area contributed by atoms with Gasteiger partial charge in [0.25, 0.3) is 5.60 Å². The maximum atomic E-state index is 14.0. The van der Waals surface area contributed by atoms with Crippen molar-refractivity contribution in [2.75, 3.05) is 13.7 Å². The third-order valence-electron chi connectivity index (χ3n) is 4.56. The van der Waals surface area contributed by atoms with Gasteiger partial charge in [0, 0.05) is 26.0 Å². The van der Waals surface area contributed by atoms with E-state index in [4.69, 9.17) is 18.9 Å². The van der Waals surface area contributed by atoms with Gasteiger partial charge in [-0.05, 0) is 6.08 Å². The molecule has 2 rings (SSSR count). The molecule has 0 aliphatic carbocycles. The van der Waals surface area contributed by atoms with Gasteiger partial charge in [0.05, 0.1) is 6.10 Å². The standard InChI is InChI=1S/C21H23F3O6/c1-4-17-18(13-16(29-17)11-8-12-28-14(2)25)30-19(26)20(27-3,21(22,23)24)15-9-6-5-7-10-15/h4-11,16-18H,1,12-13H2,2-3H3/b11-8+/t16-,17+,18-,20+/m0/s1. The first kappa shape index (κ1) is 23.6. The molecule has 0 bridgehead atoms. The van der Waals surface area contributed by atoms with Crippen molar-refractivity contribution in [3.05, 3.63) is 60.7 Å². The Morgan fingerprint density at radius 1 is 1.27 bits per heavy atom. The van der Waals surface area contributed by atoms with Crippen molar-refractivity contribution in [1.29, 1.82) is 0 Å². The van der Waals surface area contributed by atoms with E-state index in [1.165, 1.54) is 37.3 Å². The normalized spacial score (nSPS) is 23.7. The van der Waals surface area contributed by atoms with E-state index in [0.29, 0.717) is 0 Å². The molecule has 0 N–H and O–H groups in total. The summed E-state index contributed by atoms with van der Waals surface area (Å²) < 4.78 is 62.3. The molecule has 0 saturated carbocycles. The first-order valence-corrected chi connectivity index (χ1v) is 9.12. The van der Waals surface area contributed by atoms with Crippen LogP contribution in [-0.2, 0) is 34.1 Å². The zero-order chi connectivity index (χ0) is 22.4. The zero-order valence-electron chi connectivity index (χ0n) is 16.6. The van der Waals surface area contributed by atoms with E-state index in [-0.39, 0.29) is 13.0 Å². The number of hydrogen-bond acceptors (Lipinski definition) is 6. The summed E-state index contributed by atoms with van der Waals surface area (Å²) in [5, 5.41) is 0. The number of carbonyl (C=O) groups excluding carboxylic acids is 2. The van der Waals surface area contributed by atoms with Crippen molar-refractivity contribution in [1.82, 2.24) is 0 Å². The SMILES string of the molecule is C=C[C@H]1O[C@@H](/C=C/COC(C)=O)C[C@@H]1OC(=O)[C@](OC)(c1ccccc1)C(F)(F)F. The van der Waals surface area contributed by atoms with Gasteiger partial charge in [-0.3, -0.25) is 4.79 Å².